The van der Waals surface area contributed by atoms with E-state index in [-0.39, 0.29) is 6.54 Å². The first-order valence-corrected chi connectivity index (χ1v) is 7.46. The van der Waals surface area contributed by atoms with Crippen LogP contribution >= 0.6 is 0 Å². The molecule has 2 rings (SSSR count). The number of hydrogen-bond acceptors (Lipinski definition) is 3. The number of nitrogens with one attached hydrogen (secondary N) is 1. The molecule has 0 spiro atoms. The lowest BCUT2D eigenvalue weighted by atomic mass is 10.1. The van der Waals surface area contributed by atoms with Gasteiger partial charge in [-0.25, -0.2) is 0 Å². The molecule has 1 unspecified atom stereocenters. The van der Waals surface area contributed by atoms with Crippen LogP contribution < -0.4 is 14.7 Å². The Morgan fingerprint density at radius 1 is 1.05 bits per heavy atom. The summed E-state index contributed by atoms with van der Waals surface area (Å²) < 4.78 is 5.49. The molecule has 0 amide bonds. The maximum absolute atomic E-state index is 11.0. The Morgan fingerprint density at radius 3 is 2.41 bits per heavy atom. The number of carbonyl (C=O) groups is 1. The number of carboxylic acid groups (broad SMARTS) is 1. The van der Waals surface area contributed by atoms with Crippen molar-refractivity contribution >= 4 is 5.97 Å². The molecule has 4 nitrogen and oxygen atoms in total. The lowest BCUT2D eigenvalue weighted by molar-refractivity contribution is -0.922. The summed E-state index contributed by atoms with van der Waals surface area (Å²) in [6.45, 7) is 3.80. The number of rotatable bonds is 8. The number of hydrogen-bond donors (Lipinski definition) is 1. The van der Waals surface area contributed by atoms with E-state index in [9.17, 15) is 9.90 Å². The molecule has 0 heterocycles. The molecule has 0 radical (unpaired) electrons. The summed E-state index contributed by atoms with van der Waals surface area (Å²) in [5.74, 6) is -0.223. The van der Waals surface area contributed by atoms with Crippen molar-refractivity contribution in [2.45, 2.75) is 20.0 Å². The van der Waals surface area contributed by atoms with Gasteiger partial charge in [0.25, 0.3) is 0 Å². The van der Waals surface area contributed by atoms with Crippen molar-refractivity contribution in [2.75, 3.05) is 13.2 Å². The standard InChI is InChI=1S/C18H21NO3/c1-2-22-17-10-6-9-16(11-17)13-19(14-18(20)21)12-15-7-4-3-5-8-15/h3-11H,2,12-14H2,1H3,(H,20,21). The molecular formula is C18H21NO3. The van der Waals surface area contributed by atoms with Gasteiger partial charge in [-0.2, -0.15) is 0 Å². The molecule has 0 saturated heterocycles. The first-order valence-electron chi connectivity index (χ1n) is 7.46. The monoisotopic (exact) mass is 299 g/mol. The number of ether oxygens (including phenoxy) is 1. The van der Waals surface area contributed by atoms with Gasteiger partial charge < -0.3 is 19.5 Å². The van der Waals surface area contributed by atoms with Crippen LogP contribution in [0.25, 0.3) is 0 Å². The van der Waals surface area contributed by atoms with Gasteiger partial charge in [0.1, 0.15) is 25.4 Å². The van der Waals surface area contributed by atoms with Crippen LogP contribution in [-0.4, -0.2) is 19.1 Å². The zero-order chi connectivity index (χ0) is 15.8. The fourth-order valence-electron chi connectivity index (χ4n) is 2.48. The summed E-state index contributed by atoms with van der Waals surface area (Å²) in [5, 5.41) is 11.0. The minimum atomic E-state index is -1.04. The van der Waals surface area contributed by atoms with Crippen LogP contribution in [0.3, 0.4) is 0 Å². The number of carboxylic acids is 1. The molecule has 0 aliphatic rings. The van der Waals surface area contributed by atoms with E-state index in [2.05, 4.69) is 0 Å². The molecule has 4 heteroatoms. The van der Waals surface area contributed by atoms with Crippen molar-refractivity contribution in [2.24, 2.45) is 0 Å². The highest BCUT2D eigenvalue weighted by atomic mass is 16.5. The number of carbonyl (C=O) groups excluding carboxylic acids is 1. The molecule has 0 aliphatic carbocycles. The summed E-state index contributed by atoms with van der Waals surface area (Å²) in [6.07, 6.45) is 0. The highest BCUT2D eigenvalue weighted by Crippen LogP contribution is 2.12. The maximum atomic E-state index is 11.0. The Balaban J connectivity index is 2.09. The second kappa shape index (κ2) is 8.20. The Labute approximate surface area is 131 Å². The molecule has 1 atom stereocenters. The van der Waals surface area contributed by atoms with Crippen molar-refractivity contribution in [3.63, 3.8) is 0 Å². The van der Waals surface area contributed by atoms with Crippen LogP contribution in [0.15, 0.2) is 54.6 Å². The smallest absolute Gasteiger partial charge is 0.119 e. The van der Waals surface area contributed by atoms with Gasteiger partial charge in [0, 0.05) is 11.1 Å². The van der Waals surface area contributed by atoms with Gasteiger partial charge in [0.15, 0.2) is 0 Å². The topological polar surface area (TPSA) is 53.8 Å². The molecule has 0 aromatic heterocycles. The zero-order valence-electron chi connectivity index (χ0n) is 12.7. The summed E-state index contributed by atoms with van der Waals surface area (Å²) >= 11 is 0. The van der Waals surface area contributed by atoms with Gasteiger partial charge >= 0.3 is 0 Å². The highest BCUT2D eigenvalue weighted by molar-refractivity contribution is 5.65. The van der Waals surface area contributed by atoms with Crippen molar-refractivity contribution in [3.05, 3.63) is 65.7 Å². The van der Waals surface area contributed by atoms with E-state index in [1.165, 1.54) is 0 Å². The van der Waals surface area contributed by atoms with Crippen LogP contribution in [0.2, 0.25) is 0 Å². The Morgan fingerprint density at radius 2 is 1.73 bits per heavy atom. The van der Waals surface area contributed by atoms with Crippen LogP contribution in [-0.2, 0) is 17.9 Å². The molecule has 2 aromatic rings. The average Bonchev–Trinajstić information content (AvgIpc) is 2.48. The molecule has 22 heavy (non-hydrogen) atoms. The minimum Gasteiger partial charge on any atom is -0.544 e. The summed E-state index contributed by atoms with van der Waals surface area (Å²) in [4.78, 5) is 11.9. The molecule has 0 bridgehead atoms. The van der Waals surface area contributed by atoms with E-state index < -0.39 is 5.97 Å². The first-order chi connectivity index (χ1) is 10.7. The second-order valence-corrected chi connectivity index (χ2v) is 5.22. The number of quaternary nitrogens is 1. The third kappa shape index (κ3) is 5.22. The summed E-state index contributed by atoms with van der Waals surface area (Å²) in [7, 11) is 0. The predicted molar refractivity (Wildman–Crippen MR) is 82.3 cm³/mol. The van der Waals surface area contributed by atoms with Crippen molar-refractivity contribution in [1.82, 2.24) is 0 Å². The van der Waals surface area contributed by atoms with Gasteiger partial charge in [-0.1, -0.05) is 42.5 Å². The average molecular weight is 299 g/mol. The quantitative estimate of drug-likeness (QED) is 0.769. The van der Waals surface area contributed by atoms with Crippen LogP contribution in [0, 0.1) is 0 Å². The molecular weight excluding hydrogens is 278 g/mol. The normalized spacial score (nSPS) is 11.9. The van der Waals surface area contributed by atoms with Gasteiger partial charge in [-0.3, -0.25) is 0 Å². The van der Waals surface area contributed by atoms with Crippen molar-refractivity contribution < 1.29 is 19.5 Å². The Kier molecular flexibility index (Phi) is 5.98. The first kappa shape index (κ1) is 16.0. The lowest BCUT2D eigenvalue weighted by Crippen LogP contribution is -3.10. The van der Waals surface area contributed by atoms with Crippen LogP contribution in [0.1, 0.15) is 18.1 Å². The third-order valence-corrected chi connectivity index (χ3v) is 3.35. The molecule has 2 aromatic carbocycles. The van der Waals surface area contributed by atoms with E-state index in [1.807, 2.05) is 61.5 Å². The van der Waals surface area contributed by atoms with Gasteiger partial charge in [-0.05, 0) is 19.1 Å². The van der Waals surface area contributed by atoms with E-state index >= 15 is 0 Å². The van der Waals surface area contributed by atoms with E-state index in [1.54, 1.807) is 0 Å². The van der Waals surface area contributed by atoms with E-state index in [4.69, 9.17) is 4.74 Å². The molecule has 1 N–H and O–H groups in total. The van der Waals surface area contributed by atoms with Gasteiger partial charge in [-0.15, -0.1) is 0 Å². The fraction of sp³-hybridized carbons (Fsp3) is 0.278. The van der Waals surface area contributed by atoms with Gasteiger partial charge in [0.05, 0.1) is 12.6 Å². The molecule has 0 fully saturated rings. The SMILES string of the molecule is CCOc1cccc(C[NH+](CC(=O)[O-])Cc2ccccc2)c1. The Hall–Kier alpha value is -2.33. The highest BCUT2D eigenvalue weighted by Gasteiger charge is 2.11. The van der Waals surface area contributed by atoms with E-state index in [0.29, 0.717) is 19.7 Å². The number of aliphatic carboxylic acids is 1. The van der Waals surface area contributed by atoms with Gasteiger partial charge in [0.2, 0.25) is 0 Å². The van der Waals surface area contributed by atoms with Crippen molar-refractivity contribution in [1.29, 1.82) is 0 Å². The Bertz CT molecular complexity index is 598. The zero-order valence-corrected chi connectivity index (χ0v) is 12.7. The fourth-order valence-corrected chi connectivity index (χ4v) is 2.48. The maximum Gasteiger partial charge on any atom is 0.119 e. The largest absolute Gasteiger partial charge is 0.544 e. The summed E-state index contributed by atoms with van der Waals surface area (Å²) in [5.41, 5.74) is 2.16. The van der Waals surface area contributed by atoms with Crippen LogP contribution in [0.4, 0.5) is 0 Å². The van der Waals surface area contributed by atoms with Crippen LogP contribution in [0.5, 0.6) is 5.75 Å². The predicted octanol–water partition coefficient (Wildman–Crippen LogP) is 0.420. The minimum absolute atomic E-state index is 0.0201. The third-order valence-electron chi connectivity index (χ3n) is 3.35. The molecule has 116 valence electrons. The molecule has 0 aliphatic heterocycles. The van der Waals surface area contributed by atoms with E-state index in [0.717, 1.165) is 21.8 Å². The second-order valence-electron chi connectivity index (χ2n) is 5.22. The molecule has 0 saturated carbocycles. The summed E-state index contributed by atoms with van der Waals surface area (Å²) in [6, 6.07) is 17.7. The number of benzene rings is 2. The van der Waals surface area contributed by atoms with Crippen molar-refractivity contribution in [3.8, 4) is 5.75 Å². The lowest BCUT2D eigenvalue weighted by Gasteiger charge is -2.20.